The van der Waals surface area contributed by atoms with Gasteiger partial charge in [0.25, 0.3) is 0 Å². The molecule has 0 aliphatic carbocycles. The number of carbonyl (C=O) groups excluding carboxylic acids is 1. The van der Waals surface area contributed by atoms with Gasteiger partial charge in [-0.1, -0.05) is 11.3 Å². The molecule has 1 heterocycles. The number of aromatic nitrogens is 2. The zero-order valence-electron chi connectivity index (χ0n) is 4.57. The molecule has 0 saturated carbocycles. The summed E-state index contributed by atoms with van der Waals surface area (Å²) in [5, 5.41) is 8.22. The molecule has 0 radical (unpaired) electrons. The van der Waals surface area contributed by atoms with Gasteiger partial charge in [-0.3, -0.25) is 0 Å². The van der Waals surface area contributed by atoms with Crippen molar-refractivity contribution < 1.29 is 4.79 Å². The zero-order valence-corrected chi connectivity index (χ0v) is 5.39. The third-order valence-corrected chi connectivity index (χ3v) is 1.52. The lowest BCUT2D eigenvalue weighted by Gasteiger charge is -1.75. The molecular formula is C4H5N3OS. The first kappa shape index (κ1) is 6.15. The second-order valence-corrected chi connectivity index (χ2v) is 2.50. The summed E-state index contributed by atoms with van der Waals surface area (Å²) in [5.41, 5.74) is 5.24. The van der Waals surface area contributed by atoms with Crippen LogP contribution < -0.4 is 5.73 Å². The molecule has 0 unspecified atom stereocenters. The Morgan fingerprint density at radius 3 is 2.89 bits per heavy atom. The third kappa shape index (κ3) is 1.46. The Bertz CT molecular complexity index is 209. The molecule has 2 N–H and O–H groups in total. The SMILES string of the molecule is Nc1nnc(CC=O)s1. The maximum atomic E-state index is 9.88. The number of hydrogen-bond donors (Lipinski definition) is 1. The van der Waals surface area contributed by atoms with E-state index < -0.39 is 0 Å². The number of anilines is 1. The molecule has 1 rings (SSSR count). The molecule has 0 bridgehead atoms. The monoisotopic (exact) mass is 143 g/mol. The summed E-state index contributed by atoms with van der Waals surface area (Å²) in [6.07, 6.45) is 1.09. The summed E-state index contributed by atoms with van der Waals surface area (Å²) in [6, 6.07) is 0. The Morgan fingerprint density at radius 1 is 1.67 bits per heavy atom. The fourth-order valence-electron chi connectivity index (χ4n) is 0.420. The minimum Gasteiger partial charge on any atom is -0.374 e. The molecule has 4 nitrogen and oxygen atoms in total. The maximum absolute atomic E-state index is 9.88. The molecule has 0 saturated heterocycles. The van der Waals surface area contributed by atoms with Gasteiger partial charge in [-0.05, 0) is 0 Å². The number of aldehydes is 1. The molecule has 5 heteroatoms. The van der Waals surface area contributed by atoms with Gasteiger partial charge in [-0.2, -0.15) is 0 Å². The summed E-state index contributed by atoms with van der Waals surface area (Å²) in [7, 11) is 0. The van der Waals surface area contributed by atoms with Crippen LogP contribution in [-0.4, -0.2) is 16.5 Å². The van der Waals surface area contributed by atoms with Gasteiger partial charge in [0.05, 0.1) is 6.42 Å². The lowest BCUT2D eigenvalue weighted by Crippen LogP contribution is -1.83. The molecule has 0 aliphatic heterocycles. The molecular weight excluding hydrogens is 138 g/mol. The van der Waals surface area contributed by atoms with E-state index in [0.717, 1.165) is 6.29 Å². The van der Waals surface area contributed by atoms with Gasteiger partial charge < -0.3 is 10.5 Å². The second kappa shape index (κ2) is 2.54. The highest BCUT2D eigenvalue weighted by atomic mass is 32.1. The van der Waals surface area contributed by atoms with Crippen molar-refractivity contribution in [2.75, 3.05) is 5.73 Å². The topological polar surface area (TPSA) is 68.9 Å². The van der Waals surface area contributed by atoms with Crippen molar-refractivity contribution in [3.05, 3.63) is 5.01 Å². The van der Waals surface area contributed by atoms with Crippen molar-refractivity contribution in [1.29, 1.82) is 0 Å². The summed E-state index contributed by atoms with van der Waals surface area (Å²) >= 11 is 1.24. The molecule has 0 amide bonds. The Hall–Kier alpha value is -0.970. The van der Waals surface area contributed by atoms with Crippen molar-refractivity contribution in [3.63, 3.8) is 0 Å². The van der Waals surface area contributed by atoms with Crippen LogP contribution >= 0.6 is 11.3 Å². The average Bonchev–Trinajstić information content (AvgIpc) is 2.17. The molecule has 0 atom stereocenters. The predicted molar refractivity (Wildman–Crippen MR) is 34.1 cm³/mol. The number of nitrogens with zero attached hydrogens (tertiary/aromatic N) is 2. The molecule has 48 valence electrons. The van der Waals surface area contributed by atoms with Crippen LogP contribution in [0.2, 0.25) is 0 Å². The molecule has 0 fully saturated rings. The van der Waals surface area contributed by atoms with Crippen molar-refractivity contribution in [2.45, 2.75) is 6.42 Å². The summed E-state index contributed by atoms with van der Waals surface area (Å²) < 4.78 is 0. The summed E-state index contributed by atoms with van der Waals surface area (Å²) in [6.45, 7) is 0. The largest absolute Gasteiger partial charge is 0.374 e. The molecule has 9 heavy (non-hydrogen) atoms. The van der Waals surface area contributed by atoms with Crippen LogP contribution in [0.1, 0.15) is 5.01 Å². The van der Waals surface area contributed by atoms with E-state index in [1.165, 1.54) is 11.3 Å². The highest BCUT2D eigenvalue weighted by Gasteiger charge is 1.97. The smallest absolute Gasteiger partial charge is 0.203 e. The Kier molecular flexibility index (Phi) is 1.74. The van der Waals surface area contributed by atoms with Crippen LogP contribution in [0.4, 0.5) is 5.13 Å². The Morgan fingerprint density at radius 2 is 2.44 bits per heavy atom. The van der Waals surface area contributed by atoms with E-state index in [4.69, 9.17) is 5.73 Å². The van der Waals surface area contributed by atoms with Gasteiger partial charge in [0.1, 0.15) is 11.3 Å². The van der Waals surface area contributed by atoms with Crippen LogP contribution in [-0.2, 0) is 11.2 Å². The number of rotatable bonds is 2. The van der Waals surface area contributed by atoms with E-state index in [-0.39, 0.29) is 0 Å². The minimum absolute atomic E-state index is 0.314. The zero-order chi connectivity index (χ0) is 6.69. The third-order valence-electron chi connectivity index (χ3n) is 0.740. The number of carbonyl (C=O) groups is 1. The van der Waals surface area contributed by atoms with Crippen LogP contribution in [0, 0.1) is 0 Å². The van der Waals surface area contributed by atoms with E-state index >= 15 is 0 Å². The molecule has 0 aromatic carbocycles. The first-order valence-corrected chi connectivity index (χ1v) is 3.16. The van der Waals surface area contributed by atoms with Crippen molar-refractivity contribution in [2.24, 2.45) is 0 Å². The van der Waals surface area contributed by atoms with Gasteiger partial charge in [0.15, 0.2) is 0 Å². The number of nitrogens with two attached hydrogens (primary N) is 1. The molecule has 0 aliphatic rings. The molecule has 0 spiro atoms. The van der Waals surface area contributed by atoms with Crippen LogP contribution in [0.5, 0.6) is 0 Å². The number of hydrogen-bond acceptors (Lipinski definition) is 5. The quantitative estimate of drug-likeness (QED) is 0.585. The Labute approximate surface area is 55.7 Å². The van der Waals surface area contributed by atoms with Gasteiger partial charge in [0.2, 0.25) is 5.13 Å². The molecule has 1 aromatic heterocycles. The van der Waals surface area contributed by atoms with Crippen LogP contribution in [0.3, 0.4) is 0 Å². The van der Waals surface area contributed by atoms with E-state index in [0.29, 0.717) is 16.6 Å². The lowest BCUT2D eigenvalue weighted by atomic mass is 10.5. The van der Waals surface area contributed by atoms with Crippen molar-refractivity contribution in [1.82, 2.24) is 10.2 Å². The normalized spacial score (nSPS) is 9.33. The van der Waals surface area contributed by atoms with Crippen LogP contribution in [0.15, 0.2) is 0 Å². The van der Waals surface area contributed by atoms with Crippen molar-refractivity contribution in [3.8, 4) is 0 Å². The van der Waals surface area contributed by atoms with Gasteiger partial charge >= 0.3 is 0 Å². The van der Waals surface area contributed by atoms with E-state index in [9.17, 15) is 4.79 Å². The second-order valence-electron chi connectivity index (χ2n) is 1.40. The lowest BCUT2D eigenvalue weighted by molar-refractivity contribution is -0.107. The van der Waals surface area contributed by atoms with E-state index in [2.05, 4.69) is 10.2 Å². The fourth-order valence-corrected chi connectivity index (χ4v) is 0.976. The molecule has 1 aromatic rings. The van der Waals surface area contributed by atoms with Gasteiger partial charge in [0, 0.05) is 0 Å². The maximum Gasteiger partial charge on any atom is 0.203 e. The van der Waals surface area contributed by atoms with Gasteiger partial charge in [-0.25, -0.2) is 0 Å². The van der Waals surface area contributed by atoms with Crippen molar-refractivity contribution >= 4 is 22.8 Å². The van der Waals surface area contributed by atoms with Crippen LogP contribution in [0.25, 0.3) is 0 Å². The predicted octanol–water partition coefficient (Wildman–Crippen LogP) is -0.138. The highest BCUT2D eigenvalue weighted by molar-refractivity contribution is 7.15. The summed E-state index contributed by atoms with van der Waals surface area (Å²) in [4.78, 5) is 9.88. The first-order chi connectivity index (χ1) is 4.33. The fraction of sp³-hybridized carbons (Fsp3) is 0.250. The van der Waals surface area contributed by atoms with Gasteiger partial charge in [-0.15, -0.1) is 10.2 Å². The first-order valence-electron chi connectivity index (χ1n) is 2.34. The van der Waals surface area contributed by atoms with E-state index in [1.807, 2.05) is 0 Å². The van der Waals surface area contributed by atoms with E-state index in [1.54, 1.807) is 0 Å². The Balaban J connectivity index is 2.72. The minimum atomic E-state index is 0.314. The standard InChI is InChI=1S/C4H5N3OS/c5-4-7-6-3(9-4)1-2-8/h2H,1H2,(H2,5,7). The number of nitrogen functional groups attached to an aromatic ring is 1. The average molecular weight is 143 g/mol. The highest BCUT2D eigenvalue weighted by Crippen LogP contribution is 2.09. The summed E-state index contributed by atoms with van der Waals surface area (Å²) in [5.74, 6) is 0.